The molecule has 0 unspecified atom stereocenters. The van der Waals surface area contributed by atoms with Crippen molar-refractivity contribution in [1.82, 2.24) is 30.0 Å². The van der Waals surface area contributed by atoms with Crippen LogP contribution in [0.2, 0.25) is 0 Å². The summed E-state index contributed by atoms with van der Waals surface area (Å²) in [5, 5.41) is 18.1. The van der Waals surface area contributed by atoms with Crippen molar-refractivity contribution in [3.8, 4) is 11.4 Å². The van der Waals surface area contributed by atoms with Crippen molar-refractivity contribution >= 4 is 11.6 Å². The number of benzene rings is 2. The Morgan fingerprint density at radius 2 is 1.93 bits per heavy atom. The summed E-state index contributed by atoms with van der Waals surface area (Å²) in [5.41, 5.74) is 3.53. The largest absolute Gasteiger partial charge is 0.322 e. The van der Waals surface area contributed by atoms with E-state index >= 15 is 0 Å². The van der Waals surface area contributed by atoms with Crippen LogP contribution >= 0.6 is 0 Å². The van der Waals surface area contributed by atoms with Gasteiger partial charge >= 0.3 is 0 Å². The number of amides is 1. The summed E-state index contributed by atoms with van der Waals surface area (Å²) in [5.74, 6) is -0.732. The molecule has 140 valence electrons. The summed E-state index contributed by atoms with van der Waals surface area (Å²) >= 11 is 0. The molecule has 0 aliphatic carbocycles. The van der Waals surface area contributed by atoms with Crippen LogP contribution in [0, 0.1) is 19.7 Å². The normalized spacial score (nSPS) is 10.8. The van der Waals surface area contributed by atoms with E-state index in [1.165, 1.54) is 23.3 Å². The van der Waals surface area contributed by atoms with Crippen LogP contribution in [0.25, 0.3) is 11.4 Å². The van der Waals surface area contributed by atoms with Gasteiger partial charge in [0, 0.05) is 5.69 Å². The molecule has 0 spiro atoms. The van der Waals surface area contributed by atoms with Crippen LogP contribution in [-0.4, -0.2) is 35.9 Å². The lowest BCUT2D eigenvalue weighted by molar-refractivity contribution is 0.102. The molecule has 4 rings (SSSR count). The van der Waals surface area contributed by atoms with Crippen LogP contribution < -0.4 is 5.32 Å². The second-order valence-corrected chi connectivity index (χ2v) is 6.22. The molecule has 0 saturated heterocycles. The van der Waals surface area contributed by atoms with Crippen LogP contribution in [0.15, 0.2) is 55.0 Å². The summed E-state index contributed by atoms with van der Waals surface area (Å²) < 4.78 is 17.0. The summed E-state index contributed by atoms with van der Waals surface area (Å²) in [6, 6.07) is 11.7. The quantitative estimate of drug-likeness (QED) is 0.591. The molecule has 0 aliphatic heterocycles. The van der Waals surface area contributed by atoms with Gasteiger partial charge in [-0.3, -0.25) is 4.79 Å². The Morgan fingerprint density at radius 3 is 2.64 bits per heavy atom. The van der Waals surface area contributed by atoms with E-state index in [1.807, 2.05) is 19.1 Å². The summed E-state index contributed by atoms with van der Waals surface area (Å²) in [6.45, 7) is 3.62. The van der Waals surface area contributed by atoms with Crippen molar-refractivity contribution in [3.05, 3.63) is 77.6 Å². The molecule has 8 nitrogen and oxygen atoms in total. The molecule has 0 bridgehead atoms. The molecule has 0 saturated carbocycles. The number of carbonyl (C=O) groups excluding carboxylic acids is 1. The molecular weight excluding hydrogens is 361 g/mol. The van der Waals surface area contributed by atoms with Crippen molar-refractivity contribution in [2.24, 2.45) is 0 Å². The number of tetrazole rings is 1. The number of aromatic nitrogens is 6. The van der Waals surface area contributed by atoms with Crippen LogP contribution in [0.5, 0.6) is 0 Å². The van der Waals surface area contributed by atoms with E-state index in [1.54, 1.807) is 35.9 Å². The molecule has 0 aliphatic rings. The second-order valence-electron chi connectivity index (χ2n) is 6.22. The van der Waals surface area contributed by atoms with E-state index in [4.69, 9.17) is 0 Å². The number of aryl methyl sites for hydroxylation is 1. The number of nitrogens with one attached hydrogen (secondary N) is 1. The third kappa shape index (κ3) is 3.13. The first-order valence-corrected chi connectivity index (χ1v) is 8.49. The van der Waals surface area contributed by atoms with Gasteiger partial charge in [-0.1, -0.05) is 12.1 Å². The zero-order valence-electron chi connectivity index (χ0n) is 15.2. The molecule has 2 aromatic carbocycles. The van der Waals surface area contributed by atoms with E-state index in [2.05, 4.69) is 25.9 Å². The first-order chi connectivity index (χ1) is 13.5. The highest BCUT2D eigenvalue weighted by molar-refractivity contribution is 6.05. The van der Waals surface area contributed by atoms with E-state index in [-0.39, 0.29) is 5.91 Å². The molecule has 1 amide bonds. The molecular formula is C19H16FN7O. The number of hydrogen-bond acceptors (Lipinski definition) is 5. The monoisotopic (exact) mass is 377 g/mol. The minimum absolute atomic E-state index is 0.292. The van der Waals surface area contributed by atoms with Gasteiger partial charge in [-0.2, -0.15) is 5.10 Å². The molecule has 4 aromatic rings. The van der Waals surface area contributed by atoms with Gasteiger partial charge in [0.25, 0.3) is 5.91 Å². The molecule has 0 atom stereocenters. The second kappa shape index (κ2) is 7.03. The molecule has 0 fully saturated rings. The Morgan fingerprint density at radius 1 is 1.11 bits per heavy atom. The number of halogens is 1. The fourth-order valence-electron chi connectivity index (χ4n) is 2.96. The van der Waals surface area contributed by atoms with Gasteiger partial charge in [-0.25, -0.2) is 13.8 Å². The fraction of sp³-hybridized carbons (Fsp3) is 0.105. The highest BCUT2D eigenvalue weighted by atomic mass is 19.1. The molecule has 0 radical (unpaired) electrons. The van der Waals surface area contributed by atoms with E-state index in [9.17, 15) is 9.18 Å². The minimum atomic E-state index is -0.408. The zero-order valence-corrected chi connectivity index (χ0v) is 15.2. The average molecular weight is 377 g/mol. The first-order valence-electron chi connectivity index (χ1n) is 8.49. The zero-order chi connectivity index (χ0) is 19.7. The lowest BCUT2D eigenvalue weighted by Gasteiger charge is -2.10. The Bertz CT molecular complexity index is 1150. The first kappa shape index (κ1) is 17.5. The molecule has 1 N–H and O–H groups in total. The molecule has 9 heteroatoms. The number of hydrogen-bond donors (Lipinski definition) is 1. The maximum absolute atomic E-state index is 14.0. The van der Waals surface area contributed by atoms with Crippen LogP contribution in [0.3, 0.4) is 0 Å². The van der Waals surface area contributed by atoms with Crippen LogP contribution in [0.4, 0.5) is 10.1 Å². The Labute approximate surface area is 159 Å². The number of para-hydroxylation sites is 1. The summed E-state index contributed by atoms with van der Waals surface area (Å²) in [4.78, 5) is 12.7. The Balaban J connectivity index is 1.58. The van der Waals surface area contributed by atoms with Gasteiger partial charge in [0.05, 0.1) is 23.1 Å². The Kier molecular flexibility index (Phi) is 4.40. The van der Waals surface area contributed by atoms with E-state index in [0.717, 1.165) is 11.3 Å². The fourth-order valence-corrected chi connectivity index (χ4v) is 2.96. The van der Waals surface area contributed by atoms with Crippen molar-refractivity contribution < 1.29 is 9.18 Å². The number of nitrogens with zero attached hydrogens (tertiary/aromatic N) is 6. The Hall–Kier alpha value is -3.88. The predicted octanol–water partition coefficient (Wildman–Crippen LogP) is 2.86. The van der Waals surface area contributed by atoms with Gasteiger partial charge in [-0.15, -0.1) is 5.10 Å². The SMILES string of the molecule is Cc1cc(NC(=O)c2cnn(-c3ccccc3F)c2C)ccc1-n1cnnn1. The third-order valence-electron chi connectivity index (χ3n) is 4.39. The average Bonchev–Trinajstić information content (AvgIpc) is 3.32. The molecule has 2 aromatic heterocycles. The van der Waals surface area contributed by atoms with E-state index in [0.29, 0.717) is 22.6 Å². The maximum atomic E-state index is 14.0. The highest BCUT2D eigenvalue weighted by Crippen LogP contribution is 2.21. The van der Waals surface area contributed by atoms with Crippen molar-refractivity contribution in [1.29, 1.82) is 0 Å². The lowest BCUT2D eigenvalue weighted by Crippen LogP contribution is -2.13. The third-order valence-corrected chi connectivity index (χ3v) is 4.39. The topological polar surface area (TPSA) is 90.5 Å². The minimum Gasteiger partial charge on any atom is -0.322 e. The lowest BCUT2D eigenvalue weighted by atomic mass is 10.1. The van der Waals surface area contributed by atoms with Gasteiger partial charge in [0.1, 0.15) is 17.8 Å². The molecule has 28 heavy (non-hydrogen) atoms. The van der Waals surface area contributed by atoms with E-state index < -0.39 is 5.82 Å². The van der Waals surface area contributed by atoms with Gasteiger partial charge < -0.3 is 5.32 Å². The van der Waals surface area contributed by atoms with Gasteiger partial charge in [0.15, 0.2) is 0 Å². The number of rotatable bonds is 4. The smallest absolute Gasteiger partial charge is 0.259 e. The van der Waals surface area contributed by atoms with Gasteiger partial charge in [0.2, 0.25) is 0 Å². The van der Waals surface area contributed by atoms with Crippen molar-refractivity contribution in [2.75, 3.05) is 5.32 Å². The number of carbonyl (C=O) groups is 1. The van der Waals surface area contributed by atoms with Crippen molar-refractivity contribution in [3.63, 3.8) is 0 Å². The van der Waals surface area contributed by atoms with Crippen LogP contribution in [0.1, 0.15) is 21.6 Å². The van der Waals surface area contributed by atoms with Crippen molar-refractivity contribution in [2.45, 2.75) is 13.8 Å². The van der Waals surface area contributed by atoms with Gasteiger partial charge in [-0.05, 0) is 60.2 Å². The summed E-state index contributed by atoms with van der Waals surface area (Å²) in [6.07, 6.45) is 2.93. The maximum Gasteiger partial charge on any atom is 0.259 e. The summed E-state index contributed by atoms with van der Waals surface area (Å²) in [7, 11) is 0. The standard InChI is InChI=1S/C19H16FN7O/c1-12-9-14(7-8-17(12)26-11-21-24-25-26)23-19(28)15-10-22-27(13(15)2)18-6-4-3-5-16(18)20/h3-11H,1-2H3,(H,23,28). The molecule has 2 heterocycles. The predicted molar refractivity (Wildman–Crippen MR) is 100 cm³/mol. The number of anilines is 1. The van der Waals surface area contributed by atoms with Crippen LogP contribution in [-0.2, 0) is 0 Å². The highest BCUT2D eigenvalue weighted by Gasteiger charge is 2.17.